The Kier molecular flexibility index (Phi) is 9.09. The molecule has 0 unspecified atom stereocenters. The number of rotatable bonds is 9. The fraction of sp³-hybridized carbons (Fsp3) is 0.231. The maximum absolute atomic E-state index is 12.2. The van der Waals surface area contributed by atoms with Crippen molar-refractivity contribution < 1.29 is 14.3 Å². The second kappa shape index (κ2) is 12.0. The predicted octanol–water partition coefficient (Wildman–Crippen LogP) is 6.75. The number of ether oxygens (including phenoxy) is 2. The molecule has 172 valence electrons. The Morgan fingerprint density at radius 3 is 2.42 bits per heavy atom. The summed E-state index contributed by atoms with van der Waals surface area (Å²) in [6, 6.07) is 19.5. The molecule has 0 radical (unpaired) electrons. The van der Waals surface area contributed by atoms with Crippen LogP contribution in [0.15, 0.2) is 74.7 Å². The average molecular weight is 574 g/mol. The van der Waals surface area contributed by atoms with Gasteiger partial charge in [-0.1, -0.05) is 60.1 Å². The third-order valence-electron chi connectivity index (χ3n) is 4.93. The molecule has 0 aliphatic rings. The van der Waals surface area contributed by atoms with E-state index in [1.807, 2.05) is 67.6 Å². The van der Waals surface area contributed by atoms with Gasteiger partial charge < -0.3 is 9.47 Å². The molecule has 0 saturated carbocycles. The molecular weight excluding hydrogens is 548 g/mol. The Morgan fingerprint density at radius 2 is 1.76 bits per heavy atom. The minimum Gasteiger partial charge on any atom is -0.489 e. The molecule has 0 fully saturated rings. The van der Waals surface area contributed by atoms with Crippen molar-refractivity contribution in [3.8, 4) is 11.5 Å². The van der Waals surface area contributed by atoms with Crippen molar-refractivity contribution in [2.75, 3.05) is 6.61 Å². The van der Waals surface area contributed by atoms with Crippen molar-refractivity contribution in [2.24, 2.45) is 5.10 Å². The standard InChI is InChI=1S/C26H26Br2N2O3/c1-17(2)22-13-23(27)18(3)25(28)26(22)33-16-24(31)30-29-14-19-9-11-21(12-10-19)32-15-20-7-5-4-6-8-20/h4-14,17H,15-16H2,1-3H3,(H,30,31). The maximum Gasteiger partial charge on any atom is 0.277 e. The lowest BCUT2D eigenvalue weighted by Crippen LogP contribution is -2.25. The quantitative estimate of drug-likeness (QED) is 0.227. The average Bonchev–Trinajstić information content (AvgIpc) is 2.82. The fourth-order valence-corrected chi connectivity index (χ4v) is 4.30. The highest BCUT2D eigenvalue weighted by atomic mass is 79.9. The maximum atomic E-state index is 12.2. The van der Waals surface area contributed by atoms with Crippen molar-refractivity contribution in [1.82, 2.24) is 5.43 Å². The highest BCUT2D eigenvalue weighted by molar-refractivity contribution is 9.11. The zero-order valence-electron chi connectivity index (χ0n) is 18.8. The molecule has 0 aliphatic carbocycles. The first-order valence-corrected chi connectivity index (χ1v) is 12.1. The van der Waals surface area contributed by atoms with Gasteiger partial charge in [0.1, 0.15) is 18.1 Å². The molecular formula is C26H26Br2N2O3. The van der Waals surface area contributed by atoms with Crippen LogP contribution in [0, 0.1) is 6.92 Å². The van der Waals surface area contributed by atoms with Gasteiger partial charge in [0, 0.05) is 4.47 Å². The van der Waals surface area contributed by atoms with E-state index in [0.717, 1.165) is 36.9 Å². The van der Waals surface area contributed by atoms with E-state index in [9.17, 15) is 4.79 Å². The van der Waals surface area contributed by atoms with Crippen molar-refractivity contribution >= 4 is 44.0 Å². The van der Waals surface area contributed by atoms with Crippen LogP contribution in [0.3, 0.4) is 0 Å². The summed E-state index contributed by atoms with van der Waals surface area (Å²) in [6.45, 7) is 6.52. The zero-order valence-corrected chi connectivity index (χ0v) is 21.9. The summed E-state index contributed by atoms with van der Waals surface area (Å²) in [5, 5.41) is 4.02. The number of carbonyl (C=O) groups is 1. The van der Waals surface area contributed by atoms with Gasteiger partial charge in [0.15, 0.2) is 6.61 Å². The SMILES string of the molecule is Cc1c(Br)cc(C(C)C)c(OCC(=O)NN=Cc2ccc(OCc3ccccc3)cc2)c1Br. The normalized spacial score (nSPS) is 11.1. The number of hydrogen-bond acceptors (Lipinski definition) is 4. The van der Waals surface area contributed by atoms with Crippen LogP contribution >= 0.6 is 31.9 Å². The number of amides is 1. The number of carbonyl (C=O) groups excluding carboxylic acids is 1. The van der Waals surface area contributed by atoms with E-state index in [2.05, 4.69) is 56.2 Å². The van der Waals surface area contributed by atoms with E-state index < -0.39 is 0 Å². The molecule has 0 spiro atoms. The number of hydrogen-bond donors (Lipinski definition) is 1. The first kappa shape index (κ1) is 25.0. The van der Waals surface area contributed by atoms with Crippen molar-refractivity contribution in [3.05, 3.63) is 91.9 Å². The molecule has 3 aromatic rings. The summed E-state index contributed by atoms with van der Waals surface area (Å²) in [6.07, 6.45) is 1.58. The number of benzene rings is 3. The molecule has 7 heteroatoms. The first-order valence-electron chi connectivity index (χ1n) is 10.5. The van der Waals surface area contributed by atoms with Gasteiger partial charge in [-0.15, -0.1) is 0 Å². The fourth-order valence-electron chi connectivity index (χ4n) is 3.03. The summed E-state index contributed by atoms with van der Waals surface area (Å²) in [7, 11) is 0. The van der Waals surface area contributed by atoms with Crippen LogP contribution in [0.25, 0.3) is 0 Å². The molecule has 5 nitrogen and oxygen atoms in total. The summed E-state index contributed by atoms with van der Waals surface area (Å²) >= 11 is 7.15. The monoisotopic (exact) mass is 572 g/mol. The molecule has 3 aromatic carbocycles. The molecule has 0 bridgehead atoms. The van der Waals surface area contributed by atoms with Crippen molar-refractivity contribution in [1.29, 1.82) is 0 Å². The lowest BCUT2D eigenvalue weighted by atomic mass is 10.0. The van der Waals surface area contributed by atoms with Gasteiger partial charge in [-0.3, -0.25) is 4.79 Å². The van der Waals surface area contributed by atoms with Crippen LogP contribution in [-0.2, 0) is 11.4 Å². The Labute approximate surface area is 211 Å². The molecule has 0 saturated heterocycles. The molecule has 0 aromatic heterocycles. The van der Waals surface area contributed by atoms with Gasteiger partial charge in [0.25, 0.3) is 5.91 Å². The van der Waals surface area contributed by atoms with Gasteiger partial charge in [-0.2, -0.15) is 5.10 Å². The third-order valence-corrected chi connectivity index (χ3v) is 6.71. The topological polar surface area (TPSA) is 59.9 Å². The Hall–Kier alpha value is -2.64. The Bertz CT molecular complexity index is 1110. The van der Waals surface area contributed by atoms with Crippen LogP contribution in [0.1, 0.15) is 42.0 Å². The summed E-state index contributed by atoms with van der Waals surface area (Å²) in [4.78, 5) is 12.2. The molecule has 3 rings (SSSR count). The smallest absolute Gasteiger partial charge is 0.277 e. The summed E-state index contributed by atoms with van der Waals surface area (Å²) in [5.74, 6) is 1.35. The molecule has 0 atom stereocenters. The molecule has 1 amide bonds. The molecule has 0 heterocycles. The van der Waals surface area contributed by atoms with E-state index in [0.29, 0.717) is 12.4 Å². The summed E-state index contributed by atoms with van der Waals surface area (Å²) in [5.41, 5.74) is 6.50. The molecule has 33 heavy (non-hydrogen) atoms. The Balaban J connectivity index is 1.51. The van der Waals surface area contributed by atoms with Gasteiger partial charge >= 0.3 is 0 Å². The van der Waals surface area contributed by atoms with Crippen LogP contribution in [-0.4, -0.2) is 18.7 Å². The van der Waals surface area contributed by atoms with Gasteiger partial charge in [-0.05, 0) is 81.4 Å². The third kappa shape index (κ3) is 7.17. The minimum atomic E-state index is -0.337. The zero-order chi connectivity index (χ0) is 23.8. The van der Waals surface area contributed by atoms with Gasteiger partial charge in [0.2, 0.25) is 0 Å². The van der Waals surface area contributed by atoms with Crippen LogP contribution in [0.2, 0.25) is 0 Å². The van der Waals surface area contributed by atoms with Crippen LogP contribution in [0.5, 0.6) is 11.5 Å². The number of nitrogens with one attached hydrogen (secondary N) is 1. The van der Waals surface area contributed by atoms with E-state index in [-0.39, 0.29) is 18.4 Å². The number of nitrogens with zero attached hydrogens (tertiary/aromatic N) is 1. The van der Waals surface area contributed by atoms with Crippen molar-refractivity contribution in [2.45, 2.75) is 33.3 Å². The summed E-state index contributed by atoms with van der Waals surface area (Å²) < 4.78 is 13.5. The highest BCUT2D eigenvalue weighted by Crippen LogP contribution is 2.40. The number of halogens is 2. The lowest BCUT2D eigenvalue weighted by molar-refractivity contribution is -0.123. The van der Waals surface area contributed by atoms with Crippen LogP contribution < -0.4 is 14.9 Å². The van der Waals surface area contributed by atoms with E-state index >= 15 is 0 Å². The van der Waals surface area contributed by atoms with Gasteiger partial charge in [-0.25, -0.2) is 5.43 Å². The second-order valence-corrected chi connectivity index (χ2v) is 9.44. The van der Waals surface area contributed by atoms with E-state index in [1.54, 1.807) is 6.21 Å². The Morgan fingerprint density at radius 1 is 1.06 bits per heavy atom. The predicted molar refractivity (Wildman–Crippen MR) is 139 cm³/mol. The van der Waals surface area contributed by atoms with Gasteiger partial charge in [0.05, 0.1) is 10.7 Å². The molecule has 1 N–H and O–H groups in total. The van der Waals surface area contributed by atoms with E-state index in [4.69, 9.17) is 9.47 Å². The van der Waals surface area contributed by atoms with Crippen LogP contribution in [0.4, 0.5) is 0 Å². The van der Waals surface area contributed by atoms with Crippen molar-refractivity contribution in [3.63, 3.8) is 0 Å². The first-order chi connectivity index (χ1) is 15.8. The number of hydrazone groups is 1. The lowest BCUT2D eigenvalue weighted by Gasteiger charge is -2.18. The highest BCUT2D eigenvalue weighted by Gasteiger charge is 2.17. The second-order valence-electron chi connectivity index (χ2n) is 7.80. The molecule has 0 aliphatic heterocycles. The largest absolute Gasteiger partial charge is 0.489 e. The minimum absolute atomic E-state index is 0.136. The van der Waals surface area contributed by atoms with E-state index in [1.165, 1.54) is 0 Å².